The van der Waals surface area contributed by atoms with Crippen LogP contribution in [0.25, 0.3) is 5.69 Å². The van der Waals surface area contributed by atoms with Crippen LogP contribution in [-0.2, 0) is 11.2 Å². The van der Waals surface area contributed by atoms with E-state index in [9.17, 15) is 20.0 Å². The summed E-state index contributed by atoms with van der Waals surface area (Å²) in [5, 5.41) is 29.8. The Kier molecular flexibility index (Phi) is 6.50. The topological polar surface area (TPSA) is 119 Å². The second-order valence-electron chi connectivity index (χ2n) is 7.35. The molecule has 2 N–H and O–H groups in total. The monoisotopic (exact) mass is 396 g/mol. The molecular weight excluding hydrogens is 372 g/mol. The van der Waals surface area contributed by atoms with Gasteiger partial charge in [0.1, 0.15) is 5.76 Å². The van der Waals surface area contributed by atoms with E-state index in [0.29, 0.717) is 16.9 Å². The number of nitro benzene ring substituents is 1. The number of hydrogen-bond acceptors (Lipinski definition) is 7. The van der Waals surface area contributed by atoms with Crippen LogP contribution in [0.3, 0.4) is 0 Å². The van der Waals surface area contributed by atoms with Gasteiger partial charge < -0.3 is 14.7 Å². The highest BCUT2D eigenvalue weighted by Gasteiger charge is 2.30. The summed E-state index contributed by atoms with van der Waals surface area (Å²) in [5.74, 6) is 0.960. The Balaban J connectivity index is 2.54. The van der Waals surface area contributed by atoms with Gasteiger partial charge in [-0.3, -0.25) is 14.9 Å². The second kappa shape index (κ2) is 8.28. The molecule has 9 heteroatoms. The van der Waals surface area contributed by atoms with Crippen LogP contribution < -0.4 is 5.56 Å². The normalized spacial score (nSPS) is 13.0. The van der Waals surface area contributed by atoms with Gasteiger partial charge in [0.15, 0.2) is 5.69 Å². The number of aromatic nitrogens is 1. The molecule has 0 aliphatic rings. The van der Waals surface area contributed by atoms with Gasteiger partial charge in [0.2, 0.25) is 0 Å². The molecule has 0 aliphatic heterocycles. The molecule has 0 saturated heterocycles. The molecule has 0 fully saturated rings. The van der Waals surface area contributed by atoms with Crippen LogP contribution in [0.2, 0.25) is 0 Å². The minimum absolute atomic E-state index is 0.0766. The molecule has 0 spiro atoms. The molecule has 0 bridgehead atoms. The van der Waals surface area contributed by atoms with Gasteiger partial charge in [-0.2, -0.15) is 11.8 Å². The second-order valence-corrected chi connectivity index (χ2v) is 8.38. The number of hydrogen-bond donors (Lipinski definition) is 2. The summed E-state index contributed by atoms with van der Waals surface area (Å²) >= 11 is 1.29. The zero-order valence-electron chi connectivity index (χ0n) is 15.8. The van der Waals surface area contributed by atoms with Crippen molar-refractivity contribution in [1.82, 2.24) is 4.74 Å². The van der Waals surface area contributed by atoms with Gasteiger partial charge in [0.25, 0.3) is 11.2 Å². The van der Waals surface area contributed by atoms with Crippen molar-refractivity contribution in [3.63, 3.8) is 0 Å². The van der Waals surface area contributed by atoms with Crippen molar-refractivity contribution in [2.75, 3.05) is 12.4 Å². The number of aryl methyl sites for hydroxylation is 1. The number of thioether (sulfide) groups is 1. The first-order valence-corrected chi connectivity index (χ1v) is 9.59. The quantitative estimate of drug-likeness (QED) is 0.545. The fraction of sp³-hybridized carbons (Fsp3) is 0.500. The van der Waals surface area contributed by atoms with Gasteiger partial charge >= 0.3 is 0 Å². The molecule has 1 heterocycles. The summed E-state index contributed by atoms with van der Waals surface area (Å²) < 4.78 is 6.75. The van der Waals surface area contributed by atoms with Gasteiger partial charge in [0, 0.05) is 23.0 Å². The molecule has 0 aliphatic carbocycles. The zero-order valence-corrected chi connectivity index (χ0v) is 16.6. The maximum absolute atomic E-state index is 13.0. The number of aliphatic hydroxyl groups is 2. The van der Waals surface area contributed by atoms with E-state index in [-0.39, 0.29) is 29.5 Å². The summed E-state index contributed by atoms with van der Waals surface area (Å²) in [6, 6.07) is 4.57. The number of rotatable bonds is 7. The summed E-state index contributed by atoms with van der Waals surface area (Å²) in [4.78, 5) is 23.8. The lowest BCUT2D eigenvalue weighted by molar-refractivity contribution is -0.384. The Hall–Kier alpha value is -2.10. The van der Waals surface area contributed by atoms with E-state index in [1.165, 1.54) is 23.9 Å². The molecule has 1 atom stereocenters. The maximum atomic E-state index is 13.0. The lowest BCUT2D eigenvalue weighted by atomic mass is 9.91. The molecule has 1 unspecified atom stereocenters. The largest absolute Gasteiger partial charge is 0.394 e. The molecular formula is C18H24N2O6S. The van der Waals surface area contributed by atoms with E-state index in [1.807, 2.05) is 20.8 Å². The van der Waals surface area contributed by atoms with Gasteiger partial charge in [-0.05, 0) is 18.6 Å². The van der Waals surface area contributed by atoms with Gasteiger partial charge in [0.05, 0.1) is 23.2 Å². The minimum atomic E-state index is -0.875. The highest BCUT2D eigenvalue weighted by molar-refractivity contribution is 7.98. The molecule has 27 heavy (non-hydrogen) atoms. The molecule has 148 valence electrons. The third-order valence-electron chi connectivity index (χ3n) is 3.89. The van der Waals surface area contributed by atoms with E-state index >= 15 is 0 Å². The number of aliphatic hydroxyl groups excluding tert-OH is 2. The third kappa shape index (κ3) is 4.79. The Bertz CT molecular complexity index is 881. The summed E-state index contributed by atoms with van der Waals surface area (Å²) in [6.07, 6.45) is -0.875. The highest BCUT2D eigenvalue weighted by atomic mass is 32.2. The highest BCUT2D eigenvalue weighted by Crippen LogP contribution is 2.30. The average molecular weight is 396 g/mol. The average Bonchev–Trinajstić information content (AvgIpc) is 2.91. The van der Waals surface area contributed by atoms with Crippen molar-refractivity contribution >= 4 is 17.4 Å². The van der Waals surface area contributed by atoms with Crippen molar-refractivity contribution in [3.8, 4) is 5.69 Å². The van der Waals surface area contributed by atoms with E-state index in [4.69, 9.17) is 9.63 Å². The lowest BCUT2D eigenvalue weighted by Crippen LogP contribution is -2.19. The Morgan fingerprint density at radius 2 is 2.04 bits per heavy atom. The van der Waals surface area contributed by atoms with Gasteiger partial charge in [-0.25, -0.2) is 0 Å². The van der Waals surface area contributed by atoms with Crippen molar-refractivity contribution in [2.24, 2.45) is 0 Å². The molecule has 1 aromatic carbocycles. The van der Waals surface area contributed by atoms with Crippen molar-refractivity contribution in [2.45, 2.75) is 45.0 Å². The van der Waals surface area contributed by atoms with Crippen molar-refractivity contribution in [1.29, 1.82) is 0 Å². The number of nitrogens with zero attached hydrogens (tertiary/aromatic N) is 2. The van der Waals surface area contributed by atoms with Crippen LogP contribution >= 0.6 is 11.8 Å². The maximum Gasteiger partial charge on any atom is 0.296 e. The summed E-state index contributed by atoms with van der Waals surface area (Å²) in [7, 11) is 0. The summed E-state index contributed by atoms with van der Waals surface area (Å²) in [6.45, 7) is 7.03. The lowest BCUT2D eigenvalue weighted by Gasteiger charge is -2.16. The fourth-order valence-electron chi connectivity index (χ4n) is 2.58. The Labute approximate surface area is 160 Å². The van der Waals surface area contributed by atoms with Gasteiger partial charge in [-0.15, -0.1) is 4.74 Å². The standard InChI is InChI=1S/C18H24N2O6S/c1-11-5-6-14(15(7-11)20(24)25)19-17(23)13(10-27-9-12(22)8-21)16(26-19)18(2,3)4/h5-7,12,21-22H,8-10H2,1-4H3. The molecule has 0 amide bonds. The number of benzene rings is 1. The van der Waals surface area contributed by atoms with Gasteiger partial charge in [-0.1, -0.05) is 26.8 Å². The molecule has 0 saturated carbocycles. The first-order chi connectivity index (χ1) is 12.6. The fourth-order valence-corrected chi connectivity index (χ4v) is 3.54. The SMILES string of the molecule is Cc1ccc(-n2oc(C(C)(C)C)c(CSCC(O)CO)c2=O)c([N+](=O)[O-])c1. The van der Waals surface area contributed by atoms with Crippen molar-refractivity contribution in [3.05, 3.63) is 55.6 Å². The van der Waals surface area contributed by atoms with Crippen LogP contribution in [0.5, 0.6) is 0 Å². The molecule has 2 rings (SSSR count). The van der Waals surface area contributed by atoms with Crippen LogP contribution in [0.15, 0.2) is 27.5 Å². The minimum Gasteiger partial charge on any atom is -0.394 e. The first kappa shape index (κ1) is 21.2. The molecule has 8 nitrogen and oxygen atoms in total. The van der Waals surface area contributed by atoms with E-state index in [1.54, 1.807) is 13.0 Å². The predicted molar refractivity (Wildman–Crippen MR) is 104 cm³/mol. The van der Waals surface area contributed by atoms with E-state index < -0.39 is 22.0 Å². The third-order valence-corrected chi connectivity index (χ3v) is 5.01. The zero-order chi connectivity index (χ0) is 20.4. The predicted octanol–water partition coefficient (Wildman–Crippen LogP) is 2.53. The Morgan fingerprint density at radius 3 is 2.59 bits per heavy atom. The van der Waals surface area contributed by atoms with Crippen LogP contribution in [0.1, 0.15) is 37.7 Å². The molecule has 0 radical (unpaired) electrons. The Morgan fingerprint density at radius 1 is 1.37 bits per heavy atom. The molecule has 2 aromatic rings. The van der Waals surface area contributed by atoms with E-state index in [2.05, 4.69) is 0 Å². The first-order valence-electron chi connectivity index (χ1n) is 8.44. The number of nitro groups is 1. The van der Waals surface area contributed by atoms with Crippen LogP contribution in [0, 0.1) is 17.0 Å². The molecule has 1 aromatic heterocycles. The summed E-state index contributed by atoms with van der Waals surface area (Å²) in [5.41, 5.74) is 0.0178. The van der Waals surface area contributed by atoms with E-state index in [0.717, 1.165) is 4.74 Å². The smallest absolute Gasteiger partial charge is 0.296 e. The van der Waals surface area contributed by atoms with Crippen LogP contribution in [-0.4, -0.2) is 38.3 Å². The van der Waals surface area contributed by atoms with Crippen LogP contribution in [0.4, 0.5) is 5.69 Å². The van der Waals surface area contributed by atoms with Crippen molar-refractivity contribution < 1.29 is 19.7 Å².